The van der Waals surface area contributed by atoms with Crippen molar-refractivity contribution in [3.63, 3.8) is 0 Å². The second kappa shape index (κ2) is 9.07. The zero-order chi connectivity index (χ0) is 18.2. The highest BCUT2D eigenvalue weighted by Crippen LogP contribution is 2.19. The molecule has 5 heteroatoms. The highest BCUT2D eigenvalue weighted by molar-refractivity contribution is 5.36. The highest BCUT2D eigenvalue weighted by Gasteiger charge is 2.10. The summed E-state index contributed by atoms with van der Waals surface area (Å²) in [6.07, 6.45) is -0.597. The maximum atomic E-state index is 10.2. The molecular formula is C20H24N2O3. The van der Waals surface area contributed by atoms with E-state index in [0.29, 0.717) is 17.9 Å². The summed E-state index contributed by atoms with van der Waals surface area (Å²) >= 11 is 0. The van der Waals surface area contributed by atoms with E-state index in [1.54, 1.807) is 31.4 Å². The maximum Gasteiger partial charge on any atom is 0.121 e. The summed E-state index contributed by atoms with van der Waals surface area (Å²) in [4.78, 5) is 2.05. The second-order valence-corrected chi connectivity index (χ2v) is 6.10. The van der Waals surface area contributed by atoms with Crippen molar-refractivity contribution in [1.82, 2.24) is 4.90 Å². The average Bonchev–Trinajstić information content (AvgIpc) is 2.60. The van der Waals surface area contributed by atoms with Gasteiger partial charge in [0, 0.05) is 13.1 Å². The van der Waals surface area contributed by atoms with Crippen LogP contribution in [-0.2, 0) is 6.54 Å². The van der Waals surface area contributed by atoms with Crippen molar-refractivity contribution < 1.29 is 14.6 Å². The lowest BCUT2D eigenvalue weighted by Gasteiger charge is -2.21. The van der Waals surface area contributed by atoms with Crippen LogP contribution in [0, 0.1) is 18.3 Å². The molecule has 0 bridgehead atoms. The molecule has 0 aromatic heterocycles. The van der Waals surface area contributed by atoms with E-state index in [1.807, 2.05) is 31.0 Å². The van der Waals surface area contributed by atoms with Crippen LogP contribution in [0.3, 0.4) is 0 Å². The molecule has 2 aromatic rings. The summed E-state index contributed by atoms with van der Waals surface area (Å²) in [7, 11) is 3.63. The lowest BCUT2D eigenvalue weighted by atomic mass is 10.1. The normalized spacial score (nSPS) is 11.8. The third kappa shape index (κ3) is 5.79. The van der Waals surface area contributed by atoms with E-state index in [9.17, 15) is 5.11 Å². The molecule has 2 rings (SSSR count). The number of aryl methyl sites for hydroxylation is 1. The molecule has 1 unspecified atom stereocenters. The van der Waals surface area contributed by atoms with Gasteiger partial charge in [0.05, 0.1) is 18.7 Å². The average molecular weight is 340 g/mol. The molecule has 0 radical (unpaired) electrons. The van der Waals surface area contributed by atoms with Crippen LogP contribution in [0.1, 0.15) is 16.7 Å². The first kappa shape index (κ1) is 18.8. The number of ether oxygens (including phenoxy) is 2. The molecule has 5 nitrogen and oxygen atoms in total. The number of aliphatic hydroxyl groups is 1. The third-order valence-corrected chi connectivity index (χ3v) is 3.86. The Kier molecular flexibility index (Phi) is 6.81. The summed E-state index contributed by atoms with van der Waals surface area (Å²) in [5.41, 5.74) is 2.85. The minimum Gasteiger partial charge on any atom is -0.496 e. The Hall–Kier alpha value is -2.55. The second-order valence-electron chi connectivity index (χ2n) is 6.10. The molecule has 1 N–H and O–H groups in total. The van der Waals surface area contributed by atoms with Crippen LogP contribution in [0.4, 0.5) is 0 Å². The van der Waals surface area contributed by atoms with Gasteiger partial charge in [0.15, 0.2) is 0 Å². The standard InChI is InChI=1S/C20H24N2O3/c1-15-10-17(6-9-20(15)24-3)12-22(2)13-18(23)14-25-19-7-4-16(11-21)5-8-19/h4-10,18,23H,12-14H2,1-3H3. The van der Waals surface area contributed by atoms with Gasteiger partial charge in [0.25, 0.3) is 0 Å². The van der Waals surface area contributed by atoms with Gasteiger partial charge >= 0.3 is 0 Å². The molecule has 0 saturated heterocycles. The highest BCUT2D eigenvalue weighted by atomic mass is 16.5. The molecule has 2 aromatic carbocycles. The number of nitrogens with zero attached hydrogens (tertiary/aromatic N) is 2. The zero-order valence-corrected chi connectivity index (χ0v) is 14.9. The predicted octanol–water partition coefficient (Wildman–Crippen LogP) is 2.75. The minimum atomic E-state index is -0.597. The maximum absolute atomic E-state index is 10.2. The molecule has 0 spiro atoms. The van der Waals surface area contributed by atoms with Crippen molar-refractivity contribution in [3.8, 4) is 17.6 Å². The third-order valence-electron chi connectivity index (χ3n) is 3.86. The Morgan fingerprint density at radius 2 is 1.92 bits per heavy atom. The SMILES string of the molecule is COc1ccc(CN(C)CC(O)COc2ccc(C#N)cc2)cc1C. The molecule has 0 fully saturated rings. The van der Waals surface area contributed by atoms with E-state index in [1.165, 1.54) is 5.56 Å². The van der Waals surface area contributed by atoms with Gasteiger partial charge in [-0.3, -0.25) is 4.90 Å². The molecule has 25 heavy (non-hydrogen) atoms. The minimum absolute atomic E-state index is 0.206. The molecule has 0 saturated carbocycles. The number of hydrogen-bond donors (Lipinski definition) is 1. The fourth-order valence-electron chi connectivity index (χ4n) is 2.65. The fraction of sp³-hybridized carbons (Fsp3) is 0.350. The van der Waals surface area contributed by atoms with Gasteiger partial charge in [-0.05, 0) is 55.4 Å². The summed E-state index contributed by atoms with van der Waals surface area (Å²) < 4.78 is 10.8. The molecule has 0 amide bonds. The summed E-state index contributed by atoms with van der Waals surface area (Å²) in [6, 6.07) is 15.0. The van der Waals surface area contributed by atoms with Crippen LogP contribution in [0.2, 0.25) is 0 Å². The van der Waals surface area contributed by atoms with Crippen molar-refractivity contribution in [1.29, 1.82) is 5.26 Å². The van der Waals surface area contributed by atoms with Crippen molar-refractivity contribution >= 4 is 0 Å². The van der Waals surface area contributed by atoms with Crippen LogP contribution < -0.4 is 9.47 Å². The predicted molar refractivity (Wildman–Crippen MR) is 96.7 cm³/mol. The quantitative estimate of drug-likeness (QED) is 0.800. The molecule has 1 atom stereocenters. The largest absolute Gasteiger partial charge is 0.496 e. The Labute approximate surface area is 149 Å². The van der Waals surface area contributed by atoms with Gasteiger partial charge in [0.2, 0.25) is 0 Å². The smallest absolute Gasteiger partial charge is 0.121 e. The zero-order valence-electron chi connectivity index (χ0n) is 14.9. The van der Waals surface area contributed by atoms with E-state index < -0.39 is 6.10 Å². The van der Waals surface area contributed by atoms with Crippen LogP contribution in [0.15, 0.2) is 42.5 Å². The van der Waals surface area contributed by atoms with Crippen LogP contribution in [0.25, 0.3) is 0 Å². The first-order valence-electron chi connectivity index (χ1n) is 8.15. The molecule has 0 heterocycles. The number of aliphatic hydroxyl groups excluding tert-OH is 1. The monoisotopic (exact) mass is 340 g/mol. The van der Waals surface area contributed by atoms with E-state index in [0.717, 1.165) is 17.9 Å². The molecule has 0 aliphatic rings. The fourth-order valence-corrected chi connectivity index (χ4v) is 2.65. The van der Waals surface area contributed by atoms with Gasteiger partial charge in [-0.2, -0.15) is 5.26 Å². The van der Waals surface area contributed by atoms with Crippen LogP contribution in [-0.4, -0.2) is 43.4 Å². The topological polar surface area (TPSA) is 65.7 Å². The van der Waals surface area contributed by atoms with Gasteiger partial charge in [-0.15, -0.1) is 0 Å². The summed E-state index contributed by atoms with van der Waals surface area (Å²) in [5.74, 6) is 1.52. The van der Waals surface area contributed by atoms with E-state index >= 15 is 0 Å². The number of nitriles is 1. The Balaban J connectivity index is 1.80. The Morgan fingerprint density at radius 1 is 1.20 bits per heavy atom. The number of likely N-dealkylation sites (N-methyl/N-ethyl adjacent to an activating group) is 1. The Morgan fingerprint density at radius 3 is 2.52 bits per heavy atom. The summed E-state index contributed by atoms with van der Waals surface area (Å²) in [5, 5.41) is 18.9. The lowest BCUT2D eigenvalue weighted by molar-refractivity contribution is 0.0744. The van der Waals surface area contributed by atoms with E-state index in [2.05, 4.69) is 12.1 Å². The number of hydrogen-bond acceptors (Lipinski definition) is 5. The summed E-state index contributed by atoms with van der Waals surface area (Å²) in [6.45, 7) is 3.46. The van der Waals surface area contributed by atoms with E-state index in [-0.39, 0.29) is 6.61 Å². The van der Waals surface area contributed by atoms with Crippen LogP contribution in [0.5, 0.6) is 11.5 Å². The number of benzene rings is 2. The van der Waals surface area contributed by atoms with Crippen molar-refractivity contribution in [3.05, 3.63) is 59.2 Å². The Bertz CT molecular complexity index is 723. The van der Waals surface area contributed by atoms with Gasteiger partial charge < -0.3 is 14.6 Å². The first-order chi connectivity index (χ1) is 12.0. The van der Waals surface area contributed by atoms with Gasteiger partial charge in [-0.1, -0.05) is 12.1 Å². The van der Waals surface area contributed by atoms with Gasteiger partial charge in [0.1, 0.15) is 24.2 Å². The lowest BCUT2D eigenvalue weighted by Crippen LogP contribution is -2.32. The first-order valence-corrected chi connectivity index (χ1v) is 8.15. The molecular weight excluding hydrogens is 316 g/mol. The van der Waals surface area contributed by atoms with Crippen molar-refractivity contribution in [2.45, 2.75) is 19.6 Å². The molecule has 0 aliphatic carbocycles. The number of methoxy groups -OCH3 is 1. The van der Waals surface area contributed by atoms with Crippen molar-refractivity contribution in [2.24, 2.45) is 0 Å². The molecule has 0 aliphatic heterocycles. The van der Waals surface area contributed by atoms with Crippen molar-refractivity contribution in [2.75, 3.05) is 27.3 Å². The van der Waals surface area contributed by atoms with Gasteiger partial charge in [-0.25, -0.2) is 0 Å². The number of rotatable bonds is 8. The van der Waals surface area contributed by atoms with Crippen LogP contribution >= 0.6 is 0 Å². The van der Waals surface area contributed by atoms with E-state index in [4.69, 9.17) is 14.7 Å². The molecule has 132 valence electrons.